The summed E-state index contributed by atoms with van der Waals surface area (Å²) in [4.78, 5) is 10.4. The number of non-ortho nitro benzene ring substituents is 1. The van der Waals surface area contributed by atoms with Crippen molar-refractivity contribution in [1.29, 1.82) is 0 Å². The van der Waals surface area contributed by atoms with Crippen molar-refractivity contribution in [2.45, 2.75) is 6.61 Å². The summed E-state index contributed by atoms with van der Waals surface area (Å²) in [6, 6.07) is 16.7. The van der Waals surface area contributed by atoms with E-state index in [0.717, 1.165) is 11.1 Å². The molecule has 0 aliphatic rings. The van der Waals surface area contributed by atoms with Crippen LogP contribution in [0, 0.1) is 10.1 Å². The van der Waals surface area contributed by atoms with Crippen LogP contribution in [-0.2, 0) is 6.61 Å². The fourth-order valence-electron chi connectivity index (χ4n) is 2.54. The van der Waals surface area contributed by atoms with E-state index < -0.39 is 4.92 Å². The Morgan fingerprint density at radius 1 is 1.07 bits per heavy atom. The van der Waals surface area contributed by atoms with Gasteiger partial charge in [-0.1, -0.05) is 35.3 Å². The number of nitro groups is 1. The van der Waals surface area contributed by atoms with E-state index in [1.807, 2.05) is 12.1 Å². The number of ether oxygens (including phenoxy) is 2. The highest BCUT2D eigenvalue weighted by Crippen LogP contribution is 2.29. The molecule has 30 heavy (non-hydrogen) atoms. The van der Waals surface area contributed by atoms with Crippen LogP contribution in [0.4, 0.5) is 11.4 Å². The first-order valence-electron chi connectivity index (χ1n) is 8.74. The molecule has 0 aliphatic heterocycles. The molecule has 0 saturated carbocycles. The minimum Gasteiger partial charge on any atom is -0.493 e. The van der Waals surface area contributed by atoms with E-state index in [4.69, 9.17) is 32.7 Å². The molecule has 0 aliphatic carbocycles. The quantitative estimate of drug-likeness (QED) is 0.263. The number of anilines is 1. The second-order valence-corrected chi connectivity index (χ2v) is 6.94. The normalized spacial score (nSPS) is 10.8. The van der Waals surface area contributed by atoms with Gasteiger partial charge in [0.1, 0.15) is 6.61 Å². The number of benzene rings is 3. The molecule has 0 saturated heterocycles. The Kier molecular flexibility index (Phi) is 7.11. The Morgan fingerprint density at radius 3 is 2.63 bits per heavy atom. The second-order valence-electron chi connectivity index (χ2n) is 6.12. The van der Waals surface area contributed by atoms with Gasteiger partial charge in [-0.2, -0.15) is 5.10 Å². The topological polar surface area (TPSA) is 86.0 Å². The van der Waals surface area contributed by atoms with Gasteiger partial charge in [0, 0.05) is 12.1 Å². The van der Waals surface area contributed by atoms with Gasteiger partial charge in [0.2, 0.25) is 0 Å². The summed E-state index contributed by atoms with van der Waals surface area (Å²) in [5.74, 6) is 1.10. The molecule has 0 fully saturated rings. The van der Waals surface area contributed by atoms with Crippen LogP contribution in [0.2, 0.25) is 10.0 Å². The van der Waals surface area contributed by atoms with Gasteiger partial charge < -0.3 is 9.47 Å². The molecule has 1 N–H and O–H groups in total. The third-order valence-electron chi connectivity index (χ3n) is 4.03. The molecule has 0 atom stereocenters. The van der Waals surface area contributed by atoms with Crippen molar-refractivity contribution >= 4 is 40.8 Å². The van der Waals surface area contributed by atoms with Crippen LogP contribution < -0.4 is 14.9 Å². The van der Waals surface area contributed by atoms with Crippen molar-refractivity contribution in [3.63, 3.8) is 0 Å². The van der Waals surface area contributed by atoms with Gasteiger partial charge in [0.05, 0.1) is 34.0 Å². The summed E-state index contributed by atoms with van der Waals surface area (Å²) < 4.78 is 11.2. The van der Waals surface area contributed by atoms with Crippen LogP contribution in [0.1, 0.15) is 11.1 Å². The zero-order valence-corrected chi connectivity index (χ0v) is 17.4. The molecule has 0 radical (unpaired) electrons. The lowest BCUT2D eigenvalue weighted by Crippen LogP contribution is -1.99. The molecule has 3 aromatic carbocycles. The number of hydrogen-bond donors (Lipinski definition) is 1. The van der Waals surface area contributed by atoms with E-state index >= 15 is 0 Å². The lowest BCUT2D eigenvalue weighted by atomic mass is 10.2. The van der Waals surface area contributed by atoms with Gasteiger partial charge in [-0.05, 0) is 47.5 Å². The summed E-state index contributed by atoms with van der Waals surface area (Å²) in [5.41, 5.74) is 4.89. The highest BCUT2D eigenvalue weighted by molar-refractivity contribution is 6.42. The number of nitrogens with zero attached hydrogens (tertiary/aromatic N) is 2. The van der Waals surface area contributed by atoms with Crippen LogP contribution in [0.5, 0.6) is 11.5 Å². The van der Waals surface area contributed by atoms with E-state index in [9.17, 15) is 10.1 Å². The highest BCUT2D eigenvalue weighted by atomic mass is 35.5. The monoisotopic (exact) mass is 445 g/mol. The van der Waals surface area contributed by atoms with Crippen molar-refractivity contribution in [3.05, 3.63) is 92.0 Å². The molecule has 154 valence electrons. The minimum absolute atomic E-state index is 0.0136. The fraction of sp³-hybridized carbons (Fsp3) is 0.0952. The molecule has 7 nitrogen and oxygen atoms in total. The molecule has 0 unspecified atom stereocenters. The molecular weight excluding hydrogens is 429 g/mol. The van der Waals surface area contributed by atoms with Crippen LogP contribution in [-0.4, -0.2) is 18.2 Å². The number of rotatable bonds is 8. The molecule has 9 heteroatoms. The van der Waals surface area contributed by atoms with E-state index in [1.54, 1.807) is 49.7 Å². The molecule has 0 spiro atoms. The second kappa shape index (κ2) is 9.96. The number of nitro benzene ring substituents is 1. The zero-order chi connectivity index (χ0) is 21.5. The molecule has 0 heterocycles. The van der Waals surface area contributed by atoms with E-state index in [2.05, 4.69) is 10.5 Å². The van der Waals surface area contributed by atoms with Crippen molar-refractivity contribution in [1.82, 2.24) is 0 Å². The average molecular weight is 446 g/mol. The van der Waals surface area contributed by atoms with Crippen LogP contribution in [0.15, 0.2) is 65.8 Å². The van der Waals surface area contributed by atoms with Gasteiger partial charge in [0.15, 0.2) is 11.5 Å². The van der Waals surface area contributed by atoms with Crippen molar-refractivity contribution in [2.75, 3.05) is 12.5 Å². The SMILES string of the molecule is COc1cc(C=NNc2cccc([N+](=O)[O-])c2)ccc1OCc1ccc(Cl)c(Cl)c1. The van der Waals surface area contributed by atoms with E-state index in [-0.39, 0.29) is 5.69 Å². The van der Waals surface area contributed by atoms with Crippen LogP contribution in [0.25, 0.3) is 0 Å². The predicted molar refractivity (Wildman–Crippen MR) is 118 cm³/mol. The average Bonchev–Trinajstić information content (AvgIpc) is 2.75. The summed E-state index contributed by atoms with van der Waals surface area (Å²) in [6.07, 6.45) is 1.57. The highest BCUT2D eigenvalue weighted by Gasteiger charge is 2.07. The smallest absolute Gasteiger partial charge is 0.271 e. The number of hydrogen-bond acceptors (Lipinski definition) is 6. The lowest BCUT2D eigenvalue weighted by molar-refractivity contribution is -0.384. The first kappa shape index (κ1) is 21.4. The van der Waals surface area contributed by atoms with Crippen molar-refractivity contribution in [3.8, 4) is 11.5 Å². The molecule has 3 aromatic rings. The third-order valence-corrected chi connectivity index (χ3v) is 4.77. The largest absolute Gasteiger partial charge is 0.493 e. The maximum Gasteiger partial charge on any atom is 0.271 e. The molecular formula is C21H17Cl2N3O4. The summed E-state index contributed by atoms with van der Waals surface area (Å²) in [6.45, 7) is 0.301. The standard InChI is InChI=1S/C21H17Cl2N3O4/c1-29-21-10-14(12-24-25-16-3-2-4-17(11-16)26(27)28)6-8-20(21)30-13-15-5-7-18(22)19(23)9-15/h2-12,25H,13H2,1H3. The number of halogens is 2. The number of nitrogens with one attached hydrogen (secondary N) is 1. The molecule has 3 rings (SSSR count). The first-order chi connectivity index (χ1) is 14.5. The Bertz CT molecular complexity index is 1090. The maximum atomic E-state index is 10.8. The number of hydrazone groups is 1. The molecule has 0 aromatic heterocycles. The molecule has 0 bridgehead atoms. The summed E-state index contributed by atoms with van der Waals surface area (Å²) in [5, 5.41) is 15.9. The third kappa shape index (κ3) is 5.62. The molecule has 0 amide bonds. The van der Waals surface area contributed by atoms with E-state index in [0.29, 0.717) is 33.8 Å². The van der Waals surface area contributed by atoms with Crippen LogP contribution >= 0.6 is 23.2 Å². The van der Waals surface area contributed by atoms with Crippen molar-refractivity contribution in [2.24, 2.45) is 5.10 Å². The lowest BCUT2D eigenvalue weighted by Gasteiger charge is -2.12. The zero-order valence-electron chi connectivity index (χ0n) is 15.8. The summed E-state index contributed by atoms with van der Waals surface area (Å²) >= 11 is 12.0. The Hall–Kier alpha value is -3.29. The van der Waals surface area contributed by atoms with Gasteiger partial charge >= 0.3 is 0 Å². The minimum atomic E-state index is -0.462. The maximum absolute atomic E-state index is 10.8. The Balaban J connectivity index is 1.66. The van der Waals surface area contributed by atoms with Gasteiger partial charge in [-0.3, -0.25) is 15.5 Å². The van der Waals surface area contributed by atoms with Crippen LogP contribution in [0.3, 0.4) is 0 Å². The summed E-state index contributed by atoms with van der Waals surface area (Å²) in [7, 11) is 1.55. The Labute approximate surface area is 183 Å². The fourth-order valence-corrected chi connectivity index (χ4v) is 2.87. The first-order valence-corrected chi connectivity index (χ1v) is 9.50. The number of methoxy groups -OCH3 is 1. The van der Waals surface area contributed by atoms with E-state index in [1.165, 1.54) is 12.1 Å². The van der Waals surface area contributed by atoms with Gasteiger partial charge in [0.25, 0.3) is 5.69 Å². The predicted octanol–water partition coefficient (Wildman–Crippen LogP) is 5.94. The van der Waals surface area contributed by atoms with Crippen molar-refractivity contribution < 1.29 is 14.4 Å². The Morgan fingerprint density at radius 2 is 1.90 bits per heavy atom. The van der Waals surface area contributed by atoms with Gasteiger partial charge in [-0.25, -0.2) is 0 Å². The van der Waals surface area contributed by atoms with Gasteiger partial charge in [-0.15, -0.1) is 0 Å².